The third-order valence-corrected chi connectivity index (χ3v) is 5.16. The van der Waals surface area contributed by atoms with Crippen LogP contribution in [0.2, 0.25) is 0 Å². The first kappa shape index (κ1) is 15.9. The van der Waals surface area contributed by atoms with Crippen molar-refractivity contribution in [1.82, 2.24) is 4.90 Å². The number of fused-ring (bicyclic) bond motifs is 1. The summed E-state index contributed by atoms with van der Waals surface area (Å²) in [6.07, 6.45) is 0. The number of amides is 1. The van der Waals surface area contributed by atoms with E-state index in [9.17, 15) is 4.79 Å². The van der Waals surface area contributed by atoms with Crippen LogP contribution in [0.4, 0.5) is 0 Å². The smallest absolute Gasteiger partial charge is 0.264 e. The van der Waals surface area contributed by atoms with Crippen molar-refractivity contribution in [2.75, 3.05) is 20.8 Å². The Morgan fingerprint density at radius 3 is 2.52 bits per heavy atom. The van der Waals surface area contributed by atoms with E-state index in [1.165, 1.54) is 16.9 Å². The maximum Gasteiger partial charge on any atom is 0.264 e. The van der Waals surface area contributed by atoms with Crippen molar-refractivity contribution in [2.45, 2.75) is 25.8 Å². The molecule has 23 heavy (non-hydrogen) atoms. The van der Waals surface area contributed by atoms with Gasteiger partial charge in [0.15, 0.2) is 11.5 Å². The van der Waals surface area contributed by atoms with Gasteiger partial charge in [-0.2, -0.15) is 0 Å². The Morgan fingerprint density at radius 2 is 1.91 bits per heavy atom. The monoisotopic (exact) mass is 331 g/mol. The lowest BCUT2D eigenvalue weighted by Gasteiger charge is -2.40. The fourth-order valence-corrected chi connectivity index (χ4v) is 3.90. The second-order valence-corrected chi connectivity index (χ2v) is 7.33. The van der Waals surface area contributed by atoms with Gasteiger partial charge in [-0.15, -0.1) is 11.3 Å². The summed E-state index contributed by atoms with van der Waals surface area (Å²) in [5, 5.41) is 1.93. The van der Waals surface area contributed by atoms with Gasteiger partial charge in [-0.05, 0) is 34.7 Å². The molecule has 0 aliphatic carbocycles. The third-order valence-electron chi connectivity index (χ3n) is 4.31. The molecule has 0 bridgehead atoms. The van der Waals surface area contributed by atoms with Crippen LogP contribution in [0, 0.1) is 0 Å². The fourth-order valence-electron chi connectivity index (χ4n) is 3.21. The van der Waals surface area contributed by atoms with Crippen LogP contribution in [0.15, 0.2) is 29.6 Å². The molecule has 2 aromatic rings. The minimum atomic E-state index is -0.139. The Hall–Kier alpha value is -2.01. The van der Waals surface area contributed by atoms with Gasteiger partial charge < -0.3 is 14.4 Å². The number of methoxy groups -OCH3 is 2. The van der Waals surface area contributed by atoms with Crippen molar-refractivity contribution >= 4 is 17.2 Å². The number of carbonyl (C=O) groups excluding carboxylic acids is 1. The lowest BCUT2D eigenvalue weighted by atomic mass is 9.78. The molecule has 1 aromatic carbocycles. The lowest BCUT2D eigenvalue weighted by Crippen LogP contribution is -2.44. The molecule has 4 nitrogen and oxygen atoms in total. The predicted octanol–water partition coefficient (Wildman–Crippen LogP) is 3.70. The molecule has 122 valence electrons. The van der Waals surface area contributed by atoms with Gasteiger partial charge in [0, 0.05) is 18.5 Å². The molecule has 2 heterocycles. The van der Waals surface area contributed by atoms with Crippen LogP contribution >= 0.6 is 11.3 Å². The first-order valence-corrected chi connectivity index (χ1v) is 8.42. The van der Waals surface area contributed by atoms with Crippen LogP contribution < -0.4 is 9.47 Å². The minimum absolute atomic E-state index is 0.0912. The zero-order chi connectivity index (χ0) is 16.6. The largest absolute Gasteiger partial charge is 0.493 e. The van der Waals surface area contributed by atoms with Gasteiger partial charge in [-0.25, -0.2) is 0 Å². The van der Waals surface area contributed by atoms with Crippen LogP contribution in [0.1, 0.15) is 34.6 Å². The number of benzene rings is 1. The molecule has 0 saturated heterocycles. The summed E-state index contributed by atoms with van der Waals surface area (Å²) < 4.78 is 10.8. The van der Waals surface area contributed by atoms with Gasteiger partial charge in [0.2, 0.25) is 0 Å². The topological polar surface area (TPSA) is 38.8 Å². The molecule has 0 saturated carbocycles. The molecule has 0 radical (unpaired) electrons. The Morgan fingerprint density at radius 1 is 1.22 bits per heavy atom. The van der Waals surface area contributed by atoms with Crippen LogP contribution in [0.3, 0.4) is 0 Å². The zero-order valence-electron chi connectivity index (χ0n) is 13.9. The number of hydrogen-bond acceptors (Lipinski definition) is 4. The first-order chi connectivity index (χ1) is 11.0. The van der Waals surface area contributed by atoms with E-state index >= 15 is 0 Å². The molecule has 1 aliphatic rings. The van der Waals surface area contributed by atoms with Crippen molar-refractivity contribution in [3.63, 3.8) is 0 Å². The van der Waals surface area contributed by atoms with Crippen molar-refractivity contribution in [2.24, 2.45) is 0 Å². The maximum absolute atomic E-state index is 12.7. The third kappa shape index (κ3) is 2.81. The van der Waals surface area contributed by atoms with Gasteiger partial charge in [0.05, 0.1) is 19.1 Å². The summed E-state index contributed by atoms with van der Waals surface area (Å²) in [5.74, 6) is 1.53. The quantitative estimate of drug-likeness (QED) is 0.861. The van der Waals surface area contributed by atoms with E-state index in [2.05, 4.69) is 13.8 Å². The number of hydrogen-bond donors (Lipinski definition) is 0. The predicted molar refractivity (Wildman–Crippen MR) is 91.6 cm³/mol. The summed E-state index contributed by atoms with van der Waals surface area (Å²) >= 11 is 1.48. The molecule has 0 fully saturated rings. The van der Waals surface area contributed by atoms with E-state index in [1.54, 1.807) is 14.2 Å². The molecule has 1 amide bonds. The summed E-state index contributed by atoms with van der Waals surface area (Å²) in [6.45, 7) is 5.60. The zero-order valence-corrected chi connectivity index (χ0v) is 14.7. The van der Waals surface area contributed by atoms with E-state index in [0.29, 0.717) is 18.8 Å². The van der Waals surface area contributed by atoms with Crippen molar-refractivity contribution in [1.29, 1.82) is 0 Å². The van der Waals surface area contributed by atoms with E-state index in [0.717, 1.165) is 16.2 Å². The van der Waals surface area contributed by atoms with E-state index in [4.69, 9.17) is 9.47 Å². The van der Waals surface area contributed by atoms with E-state index in [1.807, 2.05) is 34.5 Å². The van der Waals surface area contributed by atoms with Crippen LogP contribution in [0.5, 0.6) is 11.5 Å². The average molecular weight is 331 g/mol. The summed E-state index contributed by atoms with van der Waals surface area (Å²) in [7, 11) is 3.28. The first-order valence-electron chi connectivity index (χ1n) is 7.54. The summed E-state index contributed by atoms with van der Waals surface area (Å²) in [4.78, 5) is 15.4. The summed E-state index contributed by atoms with van der Waals surface area (Å²) in [6, 6.07) is 7.82. The lowest BCUT2D eigenvalue weighted by molar-refractivity contribution is 0.0690. The minimum Gasteiger partial charge on any atom is -0.493 e. The van der Waals surface area contributed by atoms with Crippen LogP contribution in [-0.4, -0.2) is 31.6 Å². The van der Waals surface area contributed by atoms with Crippen molar-refractivity contribution in [3.05, 3.63) is 45.6 Å². The van der Waals surface area contributed by atoms with Crippen molar-refractivity contribution < 1.29 is 14.3 Å². The van der Waals surface area contributed by atoms with Crippen molar-refractivity contribution in [3.8, 4) is 11.5 Å². The molecule has 0 N–H and O–H groups in total. The highest BCUT2D eigenvalue weighted by atomic mass is 32.1. The van der Waals surface area contributed by atoms with Gasteiger partial charge in [0.25, 0.3) is 5.91 Å². The summed E-state index contributed by atoms with van der Waals surface area (Å²) in [5.41, 5.74) is 2.19. The molecule has 0 spiro atoms. The van der Waals surface area contributed by atoms with E-state index < -0.39 is 0 Å². The highest BCUT2D eigenvalue weighted by Crippen LogP contribution is 2.40. The molecule has 1 aromatic heterocycles. The number of carbonyl (C=O) groups is 1. The number of ether oxygens (including phenoxy) is 2. The molecular weight excluding hydrogens is 310 g/mol. The molecule has 0 unspecified atom stereocenters. The van der Waals surface area contributed by atoms with Gasteiger partial charge in [-0.3, -0.25) is 4.79 Å². The van der Waals surface area contributed by atoms with Gasteiger partial charge in [0.1, 0.15) is 0 Å². The SMILES string of the molecule is COc1cc2c(cc1OC)C(C)(C)CN(C(=O)c1cccs1)C2. The molecule has 3 rings (SSSR count). The van der Waals surface area contributed by atoms with Crippen LogP contribution in [0.25, 0.3) is 0 Å². The Kier molecular flexibility index (Phi) is 4.06. The maximum atomic E-state index is 12.7. The Balaban J connectivity index is 2.00. The highest BCUT2D eigenvalue weighted by Gasteiger charge is 2.35. The molecular formula is C18H21NO3S. The Bertz CT molecular complexity index is 722. The van der Waals surface area contributed by atoms with Gasteiger partial charge >= 0.3 is 0 Å². The molecule has 5 heteroatoms. The normalized spacial score (nSPS) is 15.9. The fraction of sp³-hybridized carbons (Fsp3) is 0.389. The van der Waals surface area contributed by atoms with Crippen LogP contribution in [-0.2, 0) is 12.0 Å². The second kappa shape index (κ2) is 5.89. The van der Waals surface area contributed by atoms with E-state index in [-0.39, 0.29) is 11.3 Å². The van der Waals surface area contributed by atoms with Gasteiger partial charge in [-0.1, -0.05) is 19.9 Å². The Labute approximate surface area is 140 Å². The number of thiophene rings is 1. The average Bonchev–Trinajstić information content (AvgIpc) is 3.06. The highest BCUT2D eigenvalue weighted by molar-refractivity contribution is 7.12. The number of nitrogens with zero attached hydrogens (tertiary/aromatic N) is 1. The standard InChI is InChI=1S/C18H21NO3S/c1-18(2)11-19(17(20)16-6-5-7-23-16)10-12-8-14(21-3)15(22-4)9-13(12)18/h5-9H,10-11H2,1-4H3. The number of rotatable bonds is 3. The molecule has 0 atom stereocenters. The molecule has 1 aliphatic heterocycles. The second-order valence-electron chi connectivity index (χ2n) is 6.39.